The first kappa shape index (κ1) is 15.3. The van der Waals surface area contributed by atoms with Crippen molar-refractivity contribution in [1.82, 2.24) is 20.4 Å². The molecule has 1 rings (SSSR count). The quantitative estimate of drug-likeness (QED) is 0.699. The smallest absolute Gasteiger partial charge is 0.317 e. The molecule has 1 saturated heterocycles. The van der Waals surface area contributed by atoms with Gasteiger partial charge in [-0.1, -0.05) is 0 Å². The molecule has 0 atom stereocenters. The summed E-state index contributed by atoms with van der Waals surface area (Å²) in [5.74, 6) is -0.0962. The molecule has 4 amide bonds. The number of rotatable bonds is 5. The normalized spacial score (nSPS) is 15.1. The maximum absolute atomic E-state index is 11.5. The van der Waals surface area contributed by atoms with E-state index < -0.39 is 0 Å². The van der Waals surface area contributed by atoms with Crippen LogP contribution in [0.5, 0.6) is 0 Å². The first-order valence-electron chi connectivity index (χ1n) is 6.50. The third-order valence-corrected chi connectivity index (χ3v) is 2.93. The van der Waals surface area contributed by atoms with Gasteiger partial charge in [0, 0.05) is 40.2 Å². The Hall–Kier alpha value is -1.79. The fourth-order valence-electron chi connectivity index (χ4n) is 1.80. The van der Waals surface area contributed by atoms with E-state index in [1.807, 2.05) is 0 Å². The van der Waals surface area contributed by atoms with Crippen LogP contribution in [0.3, 0.4) is 0 Å². The summed E-state index contributed by atoms with van der Waals surface area (Å²) in [5.41, 5.74) is 0. The summed E-state index contributed by atoms with van der Waals surface area (Å²) >= 11 is 0. The van der Waals surface area contributed by atoms with E-state index in [-0.39, 0.29) is 24.4 Å². The standard InChI is InChI=1S/C12H22N4O3/c1-15(2)12(19)14-9-10(17)13-6-8-16-7-4-3-5-11(16)18/h3-9H2,1-2H3,(H,13,17)(H,14,19). The molecule has 108 valence electrons. The third-order valence-electron chi connectivity index (χ3n) is 2.93. The minimum Gasteiger partial charge on any atom is -0.353 e. The lowest BCUT2D eigenvalue weighted by Crippen LogP contribution is -2.44. The van der Waals surface area contributed by atoms with Crippen LogP contribution in [0, 0.1) is 0 Å². The molecule has 7 heteroatoms. The van der Waals surface area contributed by atoms with Crippen LogP contribution in [0.4, 0.5) is 4.79 Å². The highest BCUT2D eigenvalue weighted by atomic mass is 16.2. The van der Waals surface area contributed by atoms with Crippen molar-refractivity contribution in [3.8, 4) is 0 Å². The predicted molar refractivity (Wildman–Crippen MR) is 70.5 cm³/mol. The minimum absolute atomic E-state index is 0.0506. The van der Waals surface area contributed by atoms with Crippen LogP contribution in [0.1, 0.15) is 19.3 Å². The van der Waals surface area contributed by atoms with Gasteiger partial charge in [0.1, 0.15) is 0 Å². The van der Waals surface area contributed by atoms with Crippen LogP contribution in [-0.4, -0.2) is 67.9 Å². The molecular weight excluding hydrogens is 248 g/mol. The summed E-state index contributed by atoms with van der Waals surface area (Å²) < 4.78 is 0. The van der Waals surface area contributed by atoms with Crippen molar-refractivity contribution in [2.45, 2.75) is 19.3 Å². The van der Waals surface area contributed by atoms with Crippen LogP contribution in [0.2, 0.25) is 0 Å². The number of carbonyl (C=O) groups excluding carboxylic acids is 3. The Morgan fingerprint density at radius 3 is 2.63 bits per heavy atom. The predicted octanol–water partition coefficient (Wildman–Crippen LogP) is -0.614. The SMILES string of the molecule is CN(C)C(=O)NCC(=O)NCCN1CCCCC1=O. The first-order chi connectivity index (χ1) is 9.00. The molecule has 19 heavy (non-hydrogen) atoms. The van der Waals surface area contributed by atoms with Gasteiger partial charge in [0.15, 0.2) is 0 Å². The molecule has 0 aliphatic carbocycles. The summed E-state index contributed by atoms with van der Waals surface area (Å²) in [4.78, 5) is 37.3. The molecule has 2 N–H and O–H groups in total. The lowest BCUT2D eigenvalue weighted by atomic mass is 10.1. The van der Waals surface area contributed by atoms with Gasteiger partial charge in [-0.25, -0.2) is 4.79 Å². The van der Waals surface area contributed by atoms with Gasteiger partial charge in [0.2, 0.25) is 11.8 Å². The van der Waals surface area contributed by atoms with Crippen molar-refractivity contribution >= 4 is 17.8 Å². The first-order valence-corrected chi connectivity index (χ1v) is 6.50. The van der Waals surface area contributed by atoms with Crippen molar-refractivity contribution in [3.05, 3.63) is 0 Å². The van der Waals surface area contributed by atoms with Gasteiger partial charge in [-0.3, -0.25) is 9.59 Å². The molecule has 0 aromatic heterocycles. The summed E-state index contributed by atoms with van der Waals surface area (Å²) in [6, 6.07) is -0.304. The van der Waals surface area contributed by atoms with E-state index in [0.717, 1.165) is 19.4 Å². The average Bonchev–Trinajstić information content (AvgIpc) is 2.38. The van der Waals surface area contributed by atoms with E-state index in [2.05, 4.69) is 10.6 Å². The number of amides is 4. The highest BCUT2D eigenvalue weighted by Crippen LogP contribution is 2.09. The Morgan fingerprint density at radius 2 is 2.00 bits per heavy atom. The van der Waals surface area contributed by atoms with E-state index >= 15 is 0 Å². The number of likely N-dealkylation sites (tertiary alicyclic amines) is 1. The maximum Gasteiger partial charge on any atom is 0.317 e. The molecule has 7 nitrogen and oxygen atoms in total. The average molecular weight is 270 g/mol. The largest absolute Gasteiger partial charge is 0.353 e. The number of nitrogens with one attached hydrogen (secondary N) is 2. The molecule has 0 spiro atoms. The Balaban J connectivity index is 2.13. The fraction of sp³-hybridized carbons (Fsp3) is 0.750. The Morgan fingerprint density at radius 1 is 1.26 bits per heavy atom. The summed E-state index contributed by atoms with van der Waals surface area (Å²) in [5, 5.41) is 5.15. The molecular formula is C12H22N4O3. The van der Waals surface area contributed by atoms with Gasteiger partial charge in [0.25, 0.3) is 0 Å². The van der Waals surface area contributed by atoms with Gasteiger partial charge in [-0.2, -0.15) is 0 Å². The van der Waals surface area contributed by atoms with E-state index in [9.17, 15) is 14.4 Å². The number of hydrogen-bond acceptors (Lipinski definition) is 3. The zero-order valence-corrected chi connectivity index (χ0v) is 11.6. The Labute approximate surface area is 113 Å². The number of piperidine rings is 1. The monoisotopic (exact) mass is 270 g/mol. The molecule has 0 saturated carbocycles. The van der Waals surface area contributed by atoms with Gasteiger partial charge < -0.3 is 20.4 Å². The van der Waals surface area contributed by atoms with Crippen LogP contribution in [-0.2, 0) is 9.59 Å². The molecule has 0 aromatic rings. The maximum atomic E-state index is 11.5. The Kier molecular flexibility index (Phi) is 6.11. The van der Waals surface area contributed by atoms with E-state index in [0.29, 0.717) is 19.5 Å². The molecule has 1 heterocycles. The summed E-state index contributed by atoms with van der Waals surface area (Å²) in [6.45, 7) is 1.67. The second-order valence-electron chi connectivity index (χ2n) is 4.74. The van der Waals surface area contributed by atoms with E-state index in [1.165, 1.54) is 4.90 Å². The second-order valence-corrected chi connectivity index (χ2v) is 4.74. The number of nitrogens with zero attached hydrogens (tertiary/aromatic N) is 2. The molecule has 0 bridgehead atoms. The topological polar surface area (TPSA) is 81.8 Å². The van der Waals surface area contributed by atoms with Crippen molar-refractivity contribution in [2.75, 3.05) is 40.3 Å². The number of urea groups is 1. The van der Waals surface area contributed by atoms with Gasteiger partial charge in [-0.15, -0.1) is 0 Å². The zero-order chi connectivity index (χ0) is 14.3. The molecule has 0 radical (unpaired) electrons. The third kappa shape index (κ3) is 5.58. The lowest BCUT2D eigenvalue weighted by Gasteiger charge is -2.26. The highest BCUT2D eigenvalue weighted by molar-refractivity contribution is 5.83. The second kappa shape index (κ2) is 7.60. The minimum atomic E-state index is -0.304. The lowest BCUT2D eigenvalue weighted by molar-refractivity contribution is -0.133. The van der Waals surface area contributed by atoms with Crippen molar-refractivity contribution in [2.24, 2.45) is 0 Å². The number of hydrogen-bond donors (Lipinski definition) is 2. The fourth-order valence-corrected chi connectivity index (χ4v) is 1.80. The Bertz CT molecular complexity index is 344. The van der Waals surface area contributed by atoms with Crippen LogP contribution >= 0.6 is 0 Å². The van der Waals surface area contributed by atoms with E-state index in [4.69, 9.17) is 0 Å². The number of carbonyl (C=O) groups is 3. The molecule has 1 aliphatic heterocycles. The van der Waals surface area contributed by atoms with Crippen molar-refractivity contribution in [3.63, 3.8) is 0 Å². The molecule has 0 unspecified atom stereocenters. The van der Waals surface area contributed by atoms with Gasteiger partial charge in [0.05, 0.1) is 6.54 Å². The van der Waals surface area contributed by atoms with Crippen molar-refractivity contribution in [1.29, 1.82) is 0 Å². The van der Waals surface area contributed by atoms with Gasteiger partial charge in [-0.05, 0) is 12.8 Å². The van der Waals surface area contributed by atoms with Crippen LogP contribution < -0.4 is 10.6 Å². The molecule has 1 fully saturated rings. The zero-order valence-electron chi connectivity index (χ0n) is 11.6. The molecule has 0 aromatic carbocycles. The van der Waals surface area contributed by atoms with Crippen LogP contribution in [0.25, 0.3) is 0 Å². The van der Waals surface area contributed by atoms with Crippen LogP contribution in [0.15, 0.2) is 0 Å². The molecule has 1 aliphatic rings. The van der Waals surface area contributed by atoms with Gasteiger partial charge >= 0.3 is 6.03 Å². The van der Waals surface area contributed by atoms with E-state index in [1.54, 1.807) is 19.0 Å². The highest BCUT2D eigenvalue weighted by Gasteiger charge is 2.17. The summed E-state index contributed by atoms with van der Waals surface area (Å²) in [7, 11) is 3.21. The van der Waals surface area contributed by atoms with Crippen molar-refractivity contribution < 1.29 is 14.4 Å². The summed E-state index contributed by atoms with van der Waals surface area (Å²) in [6.07, 6.45) is 2.59.